The molecule has 0 aromatic heterocycles. The molecule has 0 aromatic rings. The van der Waals surface area contributed by atoms with Gasteiger partial charge in [0.15, 0.2) is 5.71 Å². The summed E-state index contributed by atoms with van der Waals surface area (Å²) < 4.78 is 17.1. The molecular formula is C23H37NO6. The highest BCUT2D eigenvalue weighted by Gasteiger charge is 2.46. The molecule has 2 aliphatic carbocycles. The molecule has 3 fully saturated rings. The number of hydrogen-bond acceptors (Lipinski definition) is 7. The molecule has 7 heteroatoms. The van der Waals surface area contributed by atoms with Crippen LogP contribution >= 0.6 is 0 Å². The van der Waals surface area contributed by atoms with Crippen LogP contribution in [0.2, 0.25) is 0 Å². The third kappa shape index (κ3) is 5.74. The number of nitrogens with zero attached hydrogens (tertiary/aromatic N) is 1. The normalized spacial score (nSPS) is 33.0. The van der Waals surface area contributed by atoms with Crippen molar-refractivity contribution < 1.29 is 28.6 Å². The average Bonchev–Trinajstić information content (AvgIpc) is 3.32. The zero-order valence-electron chi connectivity index (χ0n) is 18.8. The third-order valence-corrected chi connectivity index (χ3v) is 6.67. The highest BCUT2D eigenvalue weighted by Crippen LogP contribution is 2.38. The lowest BCUT2D eigenvalue weighted by atomic mass is 9.75. The second kappa shape index (κ2) is 10.6. The number of cyclic esters (lactones) is 1. The van der Waals surface area contributed by atoms with Crippen LogP contribution in [-0.4, -0.2) is 42.8 Å². The smallest absolute Gasteiger partial charge is 0.356 e. The maximum atomic E-state index is 12.6. The molecule has 1 aliphatic heterocycles. The fourth-order valence-electron chi connectivity index (χ4n) is 4.91. The molecule has 0 amide bonds. The first-order chi connectivity index (χ1) is 14.4. The molecule has 3 aliphatic rings. The van der Waals surface area contributed by atoms with Crippen LogP contribution in [0.15, 0.2) is 5.16 Å². The minimum absolute atomic E-state index is 0.00801. The average molecular weight is 424 g/mol. The van der Waals surface area contributed by atoms with Crippen molar-refractivity contribution >= 4 is 17.7 Å². The quantitative estimate of drug-likeness (QED) is 0.330. The van der Waals surface area contributed by atoms with Crippen molar-refractivity contribution in [1.82, 2.24) is 0 Å². The number of ether oxygens (including phenoxy) is 3. The van der Waals surface area contributed by atoms with E-state index in [4.69, 9.17) is 19.0 Å². The minimum atomic E-state index is -0.829. The fraction of sp³-hybridized carbons (Fsp3) is 0.870. The van der Waals surface area contributed by atoms with Crippen LogP contribution in [-0.2, 0) is 28.6 Å². The Morgan fingerprint density at radius 3 is 2.60 bits per heavy atom. The van der Waals surface area contributed by atoms with Crippen LogP contribution in [0.1, 0.15) is 79.1 Å². The van der Waals surface area contributed by atoms with Gasteiger partial charge in [-0.1, -0.05) is 32.3 Å². The fourth-order valence-corrected chi connectivity index (χ4v) is 4.91. The summed E-state index contributed by atoms with van der Waals surface area (Å²) in [5.74, 6) is -0.120. The van der Waals surface area contributed by atoms with Gasteiger partial charge in [-0.2, -0.15) is 0 Å². The molecule has 0 unspecified atom stereocenters. The topological polar surface area (TPSA) is 83.4 Å². The summed E-state index contributed by atoms with van der Waals surface area (Å²) in [6.07, 6.45) is 6.47. The Morgan fingerprint density at radius 1 is 1.20 bits per heavy atom. The van der Waals surface area contributed by atoms with E-state index in [0.29, 0.717) is 17.8 Å². The van der Waals surface area contributed by atoms with E-state index < -0.39 is 18.2 Å². The van der Waals surface area contributed by atoms with Crippen LogP contribution in [0.5, 0.6) is 0 Å². The van der Waals surface area contributed by atoms with Gasteiger partial charge >= 0.3 is 11.9 Å². The Bertz CT molecular complexity index is 627. The molecule has 0 aromatic carbocycles. The van der Waals surface area contributed by atoms with Gasteiger partial charge in [0.1, 0.15) is 6.10 Å². The second-order valence-electron chi connectivity index (χ2n) is 9.38. The number of rotatable bonds is 8. The summed E-state index contributed by atoms with van der Waals surface area (Å²) in [6.45, 7) is 8.61. The summed E-state index contributed by atoms with van der Waals surface area (Å²) >= 11 is 0. The molecule has 0 radical (unpaired) electrons. The number of hydrogen-bond donors (Lipinski definition) is 0. The Balaban J connectivity index is 1.77. The molecule has 30 heavy (non-hydrogen) atoms. The van der Waals surface area contributed by atoms with Crippen molar-refractivity contribution in [3.05, 3.63) is 0 Å². The zero-order chi connectivity index (χ0) is 21.7. The minimum Gasteiger partial charge on any atom is -0.461 e. The number of esters is 2. The Morgan fingerprint density at radius 2 is 1.93 bits per heavy atom. The van der Waals surface area contributed by atoms with Crippen LogP contribution in [0.25, 0.3) is 0 Å². The molecule has 0 spiro atoms. The van der Waals surface area contributed by atoms with Gasteiger partial charge in [0.25, 0.3) is 0 Å². The molecule has 1 saturated heterocycles. The van der Waals surface area contributed by atoms with E-state index in [0.717, 1.165) is 38.5 Å². The molecular weight excluding hydrogens is 386 g/mol. The van der Waals surface area contributed by atoms with Crippen LogP contribution in [0.3, 0.4) is 0 Å². The van der Waals surface area contributed by atoms with Crippen molar-refractivity contribution in [2.75, 3.05) is 6.61 Å². The molecule has 3 rings (SSSR count). The lowest BCUT2D eigenvalue weighted by molar-refractivity contribution is -0.191. The zero-order valence-corrected chi connectivity index (χ0v) is 18.8. The van der Waals surface area contributed by atoms with Gasteiger partial charge in [0, 0.05) is 0 Å². The highest BCUT2D eigenvalue weighted by atomic mass is 16.7. The number of carbonyl (C=O) groups is 2. The van der Waals surface area contributed by atoms with Crippen LogP contribution < -0.4 is 0 Å². The second-order valence-corrected chi connectivity index (χ2v) is 9.38. The van der Waals surface area contributed by atoms with Crippen LogP contribution in [0.4, 0.5) is 0 Å². The summed E-state index contributed by atoms with van der Waals surface area (Å²) in [5.41, 5.74) is 0.101. The van der Waals surface area contributed by atoms with Crippen LogP contribution in [0, 0.1) is 23.7 Å². The summed E-state index contributed by atoms with van der Waals surface area (Å²) in [5, 5.41) is 4.18. The van der Waals surface area contributed by atoms with E-state index in [2.05, 4.69) is 25.9 Å². The summed E-state index contributed by atoms with van der Waals surface area (Å²) in [6, 6.07) is 0. The van der Waals surface area contributed by atoms with E-state index in [1.54, 1.807) is 6.92 Å². The predicted molar refractivity (Wildman–Crippen MR) is 112 cm³/mol. The molecule has 2 saturated carbocycles. The molecule has 0 bridgehead atoms. The monoisotopic (exact) mass is 423 g/mol. The van der Waals surface area contributed by atoms with Crippen molar-refractivity contribution in [2.24, 2.45) is 28.8 Å². The molecule has 7 nitrogen and oxygen atoms in total. The van der Waals surface area contributed by atoms with Gasteiger partial charge in [-0.25, -0.2) is 4.79 Å². The lowest BCUT2D eigenvalue weighted by Crippen LogP contribution is -2.41. The molecule has 170 valence electrons. The third-order valence-electron chi connectivity index (χ3n) is 6.67. The van der Waals surface area contributed by atoms with Crippen molar-refractivity contribution in [3.8, 4) is 0 Å². The Hall–Kier alpha value is -1.63. The van der Waals surface area contributed by atoms with Crippen molar-refractivity contribution in [1.29, 1.82) is 0 Å². The summed E-state index contributed by atoms with van der Waals surface area (Å²) in [4.78, 5) is 30.5. The first-order valence-electron chi connectivity index (χ1n) is 11.6. The Kier molecular flexibility index (Phi) is 8.14. The maximum absolute atomic E-state index is 12.6. The number of carbonyl (C=O) groups excluding carboxylic acids is 2. The molecule has 5 atom stereocenters. The number of oxime groups is 1. The molecule has 1 heterocycles. The van der Waals surface area contributed by atoms with E-state index in [1.165, 1.54) is 6.42 Å². The first kappa shape index (κ1) is 23.0. The largest absolute Gasteiger partial charge is 0.461 e. The maximum Gasteiger partial charge on any atom is 0.356 e. The van der Waals surface area contributed by atoms with Gasteiger partial charge in [-0.05, 0) is 63.2 Å². The first-order valence-corrected chi connectivity index (χ1v) is 11.6. The predicted octanol–water partition coefficient (Wildman–Crippen LogP) is 4.23. The molecule has 0 N–H and O–H groups in total. The Labute approximate surface area is 179 Å². The lowest BCUT2D eigenvalue weighted by Gasteiger charge is -2.38. The highest BCUT2D eigenvalue weighted by molar-refractivity contribution is 6.37. The van der Waals surface area contributed by atoms with E-state index in [9.17, 15) is 9.59 Å². The van der Waals surface area contributed by atoms with E-state index in [-0.39, 0.29) is 36.9 Å². The summed E-state index contributed by atoms with van der Waals surface area (Å²) in [7, 11) is 0. The van der Waals surface area contributed by atoms with Gasteiger partial charge < -0.3 is 19.0 Å². The van der Waals surface area contributed by atoms with Gasteiger partial charge in [0.05, 0.1) is 25.0 Å². The van der Waals surface area contributed by atoms with E-state index >= 15 is 0 Å². The van der Waals surface area contributed by atoms with Crippen molar-refractivity contribution in [2.45, 2.75) is 97.6 Å². The standard InChI is InChI=1S/C23H37NO6/c1-5-27-22(26)21(24-30-16-8-6-7-9-16)18-13-20(25)29-23(18)28-19-12-15(4)10-11-17(19)14(2)3/h14-19,23H,5-13H2,1-4H3/b24-21-/t15-,17+,18+,19-,23-/m1/s1. The van der Waals surface area contributed by atoms with E-state index in [1.807, 2.05) is 0 Å². The van der Waals surface area contributed by atoms with Gasteiger partial charge in [-0.15, -0.1) is 0 Å². The van der Waals surface area contributed by atoms with Crippen molar-refractivity contribution in [3.63, 3.8) is 0 Å². The van der Waals surface area contributed by atoms with Gasteiger partial charge in [-0.3, -0.25) is 4.79 Å². The van der Waals surface area contributed by atoms with Gasteiger partial charge in [0.2, 0.25) is 6.29 Å². The SMILES string of the molecule is CCOC(=O)/C(=N\OC1CCCC1)[C@@H]1CC(=O)O[C@H]1O[C@@H]1C[C@H](C)CC[C@H]1C(C)C.